The SMILES string of the molecule is N[C@@H](CCCCNC(=O)OC1CC=CCCC1)C(=O)O. The van der Waals surface area contributed by atoms with Crippen molar-refractivity contribution < 1.29 is 19.4 Å². The van der Waals surface area contributed by atoms with Crippen LogP contribution in [0.2, 0.25) is 0 Å². The predicted molar refractivity (Wildman–Crippen MR) is 75.3 cm³/mol. The van der Waals surface area contributed by atoms with E-state index in [9.17, 15) is 9.59 Å². The lowest BCUT2D eigenvalue weighted by Crippen LogP contribution is -2.31. The van der Waals surface area contributed by atoms with Crippen molar-refractivity contribution in [2.45, 2.75) is 57.1 Å². The molecule has 0 radical (unpaired) electrons. The van der Waals surface area contributed by atoms with Gasteiger partial charge < -0.3 is 20.9 Å². The molecule has 0 fully saturated rings. The maximum Gasteiger partial charge on any atom is 0.407 e. The van der Waals surface area contributed by atoms with Crippen LogP contribution in [0.15, 0.2) is 12.2 Å². The summed E-state index contributed by atoms with van der Waals surface area (Å²) >= 11 is 0. The van der Waals surface area contributed by atoms with Crippen molar-refractivity contribution >= 4 is 12.1 Å². The maximum absolute atomic E-state index is 11.6. The summed E-state index contributed by atoms with van der Waals surface area (Å²) in [4.78, 5) is 22.1. The third kappa shape index (κ3) is 7.13. The standard InChI is InChI=1S/C14H24N2O4/c15-12(13(17)18)9-5-6-10-16-14(19)20-11-7-3-1-2-4-8-11/h1,3,11-12H,2,4-10,15H2,(H,16,19)(H,17,18)/t11?,12-/m0/s1. The lowest BCUT2D eigenvalue weighted by molar-refractivity contribution is -0.138. The van der Waals surface area contributed by atoms with Crippen LogP contribution in [0.4, 0.5) is 4.79 Å². The van der Waals surface area contributed by atoms with Gasteiger partial charge in [0.15, 0.2) is 0 Å². The molecule has 0 spiro atoms. The number of carbonyl (C=O) groups excluding carboxylic acids is 1. The normalized spacial score (nSPS) is 19.9. The minimum absolute atomic E-state index is 0.0332. The first-order chi connectivity index (χ1) is 9.59. The Kier molecular flexibility index (Phi) is 7.72. The molecule has 114 valence electrons. The number of carbonyl (C=O) groups is 2. The maximum atomic E-state index is 11.6. The highest BCUT2D eigenvalue weighted by atomic mass is 16.6. The van der Waals surface area contributed by atoms with Crippen molar-refractivity contribution in [3.8, 4) is 0 Å². The Morgan fingerprint density at radius 1 is 1.40 bits per heavy atom. The molecule has 0 saturated heterocycles. The van der Waals surface area contributed by atoms with Gasteiger partial charge in [-0.3, -0.25) is 4.79 Å². The second kappa shape index (κ2) is 9.36. The van der Waals surface area contributed by atoms with Crippen molar-refractivity contribution in [1.82, 2.24) is 5.32 Å². The fourth-order valence-corrected chi connectivity index (χ4v) is 2.05. The van der Waals surface area contributed by atoms with E-state index in [1.165, 1.54) is 0 Å². The monoisotopic (exact) mass is 284 g/mol. The second-order valence-electron chi connectivity index (χ2n) is 5.03. The lowest BCUT2D eigenvalue weighted by Gasteiger charge is -2.15. The number of nitrogens with one attached hydrogen (secondary N) is 1. The van der Waals surface area contributed by atoms with E-state index < -0.39 is 18.1 Å². The number of hydrogen-bond acceptors (Lipinski definition) is 4. The summed E-state index contributed by atoms with van der Waals surface area (Å²) in [5, 5.41) is 11.3. The van der Waals surface area contributed by atoms with Crippen molar-refractivity contribution in [3.63, 3.8) is 0 Å². The number of allylic oxidation sites excluding steroid dienone is 1. The van der Waals surface area contributed by atoms with Crippen molar-refractivity contribution in [2.24, 2.45) is 5.73 Å². The van der Waals surface area contributed by atoms with E-state index in [0.29, 0.717) is 25.8 Å². The molecule has 0 saturated carbocycles. The van der Waals surface area contributed by atoms with Gasteiger partial charge in [-0.25, -0.2) is 4.79 Å². The molecule has 1 aliphatic carbocycles. The molecule has 1 rings (SSSR count). The van der Waals surface area contributed by atoms with Gasteiger partial charge in [0.1, 0.15) is 12.1 Å². The third-order valence-electron chi connectivity index (χ3n) is 3.26. The summed E-state index contributed by atoms with van der Waals surface area (Å²) in [6, 6.07) is -0.820. The molecular formula is C14H24N2O4. The first-order valence-electron chi connectivity index (χ1n) is 7.17. The Morgan fingerprint density at radius 2 is 2.20 bits per heavy atom. The molecule has 0 aromatic rings. The summed E-state index contributed by atoms with van der Waals surface area (Å²) in [5.74, 6) is -0.987. The van der Waals surface area contributed by atoms with Crippen LogP contribution in [0.25, 0.3) is 0 Å². The number of aliphatic carboxylic acids is 1. The molecule has 20 heavy (non-hydrogen) atoms. The van der Waals surface area contributed by atoms with E-state index in [-0.39, 0.29) is 6.10 Å². The Balaban J connectivity index is 2.05. The van der Waals surface area contributed by atoms with Gasteiger partial charge in [-0.15, -0.1) is 0 Å². The molecule has 0 aromatic heterocycles. The zero-order valence-corrected chi connectivity index (χ0v) is 11.7. The minimum Gasteiger partial charge on any atom is -0.480 e. The Labute approximate surface area is 119 Å². The van der Waals surface area contributed by atoms with E-state index in [0.717, 1.165) is 25.7 Å². The van der Waals surface area contributed by atoms with Crippen LogP contribution in [0.1, 0.15) is 44.9 Å². The van der Waals surface area contributed by atoms with Crippen LogP contribution in [0.3, 0.4) is 0 Å². The predicted octanol–water partition coefficient (Wildman–Crippen LogP) is 1.79. The summed E-state index contributed by atoms with van der Waals surface area (Å²) in [5.41, 5.74) is 5.38. The Bertz CT molecular complexity index is 344. The number of carboxylic acid groups (broad SMARTS) is 1. The Hall–Kier alpha value is -1.56. The smallest absolute Gasteiger partial charge is 0.407 e. The number of alkyl carbamates (subject to hydrolysis) is 1. The number of hydrogen-bond donors (Lipinski definition) is 3. The summed E-state index contributed by atoms with van der Waals surface area (Å²) in [6.45, 7) is 0.480. The van der Waals surface area contributed by atoms with Gasteiger partial charge in [0, 0.05) is 13.0 Å². The van der Waals surface area contributed by atoms with E-state index in [4.69, 9.17) is 15.6 Å². The summed E-state index contributed by atoms with van der Waals surface area (Å²) in [6.07, 6.45) is 9.29. The molecule has 0 aliphatic heterocycles. The molecule has 0 aromatic carbocycles. The van der Waals surface area contributed by atoms with Crippen molar-refractivity contribution in [3.05, 3.63) is 12.2 Å². The van der Waals surface area contributed by atoms with Crippen molar-refractivity contribution in [1.29, 1.82) is 0 Å². The number of rotatable bonds is 7. The van der Waals surface area contributed by atoms with Gasteiger partial charge in [-0.2, -0.15) is 0 Å². The number of amides is 1. The molecule has 2 atom stereocenters. The third-order valence-corrected chi connectivity index (χ3v) is 3.26. The van der Waals surface area contributed by atoms with Crippen LogP contribution in [-0.2, 0) is 9.53 Å². The highest BCUT2D eigenvalue weighted by molar-refractivity contribution is 5.72. The Morgan fingerprint density at radius 3 is 2.95 bits per heavy atom. The molecule has 1 aliphatic rings. The average Bonchev–Trinajstić information content (AvgIpc) is 2.66. The highest BCUT2D eigenvalue weighted by Gasteiger charge is 2.14. The van der Waals surface area contributed by atoms with Crippen LogP contribution in [0.5, 0.6) is 0 Å². The lowest BCUT2D eigenvalue weighted by atomic mass is 10.1. The molecule has 0 heterocycles. The highest BCUT2D eigenvalue weighted by Crippen LogP contribution is 2.14. The van der Waals surface area contributed by atoms with Gasteiger partial charge in [0.05, 0.1) is 0 Å². The molecular weight excluding hydrogens is 260 g/mol. The van der Waals surface area contributed by atoms with Crippen molar-refractivity contribution in [2.75, 3.05) is 6.54 Å². The number of carboxylic acids is 1. The average molecular weight is 284 g/mol. The molecule has 0 bridgehead atoms. The van der Waals surface area contributed by atoms with Gasteiger partial charge in [0.25, 0.3) is 0 Å². The summed E-state index contributed by atoms with van der Waals surface area (Å²) in [7, 11) is 0. The van der Waals surface area contributed by atoms with E-state index in [1.807, 2.05) is 0 Å². The molecule has 1 amide bonds. The van der Waals surface area contributed by atoms with Gasteiger partial charge >= 0.3 is 12.1 Å². The van der Waals surface area contributed by atoms with E-state index >= 15 is 0 Å². The van der Waals surface area contributed by atoms with Gasteiger partial charge in [0.2, 0.25) is 0 Å². The molecule has 6 nitrogen and oxygen atoms in total. The van der Waals surface area contributed by atoms with E-state index in [1.54, 1.807) is 0 Å². The van der Waals surface area contributed by atoms with Crippen LogP contribution < -0.4 is 11.1 Å². The number of unbranched alkanes of at least 4 members (excludes halogenated alkanes) is 1. The molecule has 1 unspecified atom stereocenters. The second-order valence-corrected chi connectivity index (χ2v) is 5.03. The zero-order chi connectivity index (χ0) is 14.8. The first kappa shape index (κ1) is 16.5. The van der Waals surface area contributed by atoms with Crippen LogP contribution >= 0.6 is 0 Å². The zero-order valence-electron chi connectivity index (χ0n) is 11.7. The fourth-order valence-electron chi connectivity index (χ4n) is 2.05. The van der Waals surface area contributed by atoms with E-state index in [2.05, 4.69) is 17.5 Å². The topological polar surface area (TPSA) is 102 Å². The fraction of sp³-hybridized carbons (Fsp3) is 0.714. The minimum atomic E-state index is -0.987. The molecule has 6 heteroatoms. The number of nitrogens with two attached hydrogens (primary N) is 1. The quantitative estimate of drug-likeness (QED) is 0.488. The van der Waals surface area contributed by atoms with Crippen LogP contribution in [-0.4, -0.2) is 35.9 Å². The van der Waals surface area contributed by atoms with Gasteiger partial charge in [-0.05, 0) is 38.5 Å². The number of ether oxygens (including phenoxy) is 1. The van der Waals surface area contributed by atoms with Gasteiger partial charge in [-0.1, -0.05) is 12.2 Å². The van der Waals surface area contributed by atoms with Crippen LogP contribution in [0, 0.1) is 0 Å². The summed E-state index contributed by atoms with van der Waals surface area (Å²) < 4.78 is 5.32. The first-order valence-corrected chi connectivity index (χ1v) is 7.17. The largest absolute Gasteiger partial charge is 0.480 e. The molecule has 4 N–H and O–H groups in total.